The lowest BCUT2D eigenvalue weighted by molar-refractivity contribution is -0.158. The molecule has 1 aromatic rings. The van der Waals surface area contributed by atoms with Gasteiger partial charge in [0.1, 0.15) is 5.56 Å². The molecule has 0 heterocycles. The molecule has 0 saturated carbocycles. The number of hydrogen-bond donors (Lipinski definition) is 1. The molecule has 0 amide bonds. The van der Waals surface area contributed by atoms with Gasteiger partial charge in [-0.15, -0.1) is 0 Å². The number of aliphatic carboxylic acids is 1. The van der Waals surface area contributed by atoms with Crippen molar-refractivity contribution in [2.45, 2.75) is 33.6 Å². The fourth-order valence-electron chi connectivity index (χ4n) is 1.76. The van der Waals surface area contributed by atoms with Gasteiger partial charge in [0.15, 0.2) is 5.75 Å². The number of halogens is 3. The lowest BCUT2D eigenvalue weighted by Crippen LogP contribution is -2.25. The monoisotopic (exact) mass is 410 g/mol. The highest BCUT2D eigenvalue weighted by Crippen LogP contribution is 2.40. The molecule has 0 aromatic heterocycles. The lowest BCUT2D eigenvalue weighted by atomic mass is 9.86. The maximum Gasteiger partial charge on any atom is 0.422 e. The van der Waals surface area contributed by atoms with E-state index >= 15 is 0 Å². The zero-order chi connectivity index (χ0) is 19.4. The summed E-state index contributed by atoms with van der Waals surface area (Å²) >= 11 is 17.8. The number of esters is 2. The topological polar surface area (TPSA) is 89.9 Å². The SMILES string of the molecule is CCC(C)(CC)COC(=O)c1c(Cl)c(Cl)cc(Cl)c1OC(=O)C(=O)O. The van der Waals surface area contributed by atoms with Gasteiger partial charge in [-0.25, -0.2) is 14.4 Å². The molecule has 0 aliphatic carbocycles. The summed E-state index contributed by atoms with van der Waals surface area (Å²) in [5, 5.41) is 8.10. The van der Waals surface area contributed by atoms with Gasteiger partial charge in [-0.2, -0.15) is 0 Å². The standard InChI is InChI=1S/C16H17Cl3O6/c1-4-16(3,5-2)7-24-14(22)10-11(19)8(17)6-9(18)12(10)25-15(23)13(20)21/h6H,4-5,7H2,1-3H3,(H,20,21). The average Bonchev–Trinajstić information content (AvgIpc) is 2.57. The second kappa shape index (κ2) is 8.74. The fraction of sp³-hybridized carbons (Fsp3) is 0.438. The van der Waals surface area contributed by atoms with Crippen molar-refractivity contribution in [2.24, 2.45) is 5.41 Å². The van der Waals surface area contributed by atoms with E-state index in [1.165, 1.54) is 0 Å². The Bertz CT molecular complexity index is 698. The molecule has 9 heteroatoms. The van der Waals surface area contributed by atoms with E-state index in [1.807, 2.05) is 20.8 Å². The van der Waals surface area contributed by atoms with Crippen molar-refractivity contribution in [3.8, 4) is 5.75 Å². The Hall–Kier alpha value is -1.50. The molecule has 138 valence electrons. The number of hydrogen-bond acceptors (Lipinski definition) is 5. The van der Waals surface area contributed by atoms with E-state index in [0.717, 1.165) is 18.9 Å². The van der Waals surface area contributed by atoms with Crippen molar-refractivity contribution in [3.05, 3.63) is 26.7 Å². The smallest absolute Gasteiger partial charge is 0.422 e. The molecule has 25 heavy (non-hydrogen) atoms. The van der Waals surface area contributed by atoms with Crippen LogP contribution in [0.2, 0.25) is 15.1 Å². The van der Waals surface area contributed by atoms with E-state index in [-0.39, 0.29) is 27.1 Å². The summed E-state index contributed by atoms with van der Waals surface area (Å²) in [5.74, 6) is -4.91. The van der Waals surface area contributed by atoms with Crippen molar-refractivity contribution in [3.63, 3.8) is 0 Å². The third-order valence-corrected chi connectivity index (χ3v) is 5.03. The molecule has 0 unspecified atom stereocenters. The first-order valence-corrected chi connectivity index (χ1v) is 8.49. The first kappa shape index (κ1) is 21.5. The highest BCUT2D eigenvalue weighted by molar-refractivity contribution is 6.46. The van der Waals surface area contributed by atoms with Gasteiger partial charge in [0, 0.05) is 5.41 Å². The maximum absolute atomic E-state index is 12.5. The summed E-state index contributed by atoms with van der Waals surface area (Å²) in [6, 6.07) is 1.13. The van der Waals surface area contributed by atoms with E-state index in [9.17, 15) is 14.4 Å². The molecule has 0 bridgehead atoms. The molecular formula is C16H17Cl3O6. The number of carbonyl (C=O) groups is 3. The molecule has 0 aliphatic rings. The van der Waals surface area contributed by atoms with Crippen LogP contribution in [0.25, 0.3) is 0 Å². The number of carbonyl (C=O) groups excluding carboxylic acids is 2. The molecule has 0 radical (unpaired) electrons. The fourth-order valence-corrected chi connectivity index (χ4v) is 2.48. The summed E-state index contributed by atoms with van der Waals surface area (Å²) in [6.45, 7) is 5.95. The van der Waals surface area contributed by atoms with Crippen LogP contribution in [0.4, 0.5) is 0 Å². The Balaban J connectivity index is 3.25. The molecule has 0 fully saturated rings. The first-order valence-electron chi connectivity index (χ1n) is 7.36. The minimum atomic E-state index is -1.86. The molecule has 1 aromatic carbocycles. The third kappa shape index (κ3) is 5.23. The number of ether oxygens (including phenoxy) is 2. The van der Waals surface area contributed by atoms with Gasteiger partial charge in [-0.3, -0.25) is 0 Å². The Morgan fingerprint density at radius 3 is 2.16 bits per heavy atom. The number of carboxylic acids is 1. The van der Waals surface area contributed by atoms with E-state index < -0.39 is 29.2 Å². The lowest BCUT2D eigenvalue weighted by Gasteiger charge is -2.26. The van der Waals surface area contributed by atoms with Gasteiger partial charge in [-0.05, 0) is 18.9 Å². The van der Waals surface area contributed by atoms with E-state index in [0.29, 0.717) is 0 Å². The Morgan fingerprint density at radius 1 is 1.12 bits per heavy atom. The first-order chi connectivity index (χ1) is 11.6. The van der Waals surface area contributed by atoms with Crippen LogP contribution in [0.1, 0.15) is 44.0 Å². The summed E-state index contributed by atoms with van der Waals surface area (Å²) in [7, 11) is 0. The molecule has 0 atom stereocenters. The van der Waals surface area contributed by atoms with Crippen molar-refractivity contribution < 1.29 is 29.0 Å². The maximum atomic E-state index is 12.5. The zero-order valence-corrected chi connectivity index (χ0v) is 16.1. The Morgan fingerprint density at radius 2 is 1.68 bits per heavy atom. The van der Waals surface area contributed by atoms with Crippen LogP contribution in [0.15, 0.2) is 6.07 Å². The predicted octanol–water partition coefficient (Wildman–Crippen LogP) is 4.62. The van der Waals surface area contributed by atoms with E-state index in [2.05, 4.69) is 4.74 Å². The van der Waals surface area contributed by atoms with Crippen LogP contribution < -0.4 is 4.74 Å². The van der Waals surface area contributed by atoms with Crippen LogP contribution in [-0.4, -0.2) is 29.6 Å². The summed E-state index contributed by atoms with van der Waals surface area (Å²) in [5.41, 5.74) is -0.647. The molecular weight excluding hydrogens is 395 g/mol. The minimum Gasteiger partial charge on any atom is -0.473 e. The Labute approximate surface area is 159 Å². The van der Waals surface area contributed by atoms with Crippen molar-refractivity contribution in [1.29, 1.82) is 0 Å². The van der Waals surface area contributed by atoms with Crippen LogP contribution in [-0.2, 0) is 14.3 Å². The second-order valence-electron chi connectivity index (χ2n) is 5.65. The normalized spacial score (nSPS) is 11.1. The minimum absolute atomic E-state index is 0.0671. The van der Waals surface area contributed by atoms with Gasteiger partial charge in [-0.1, -0.05) is 55.6 Å². The van der Waals surface area contributed by atoms with Gasteiger partial charge >= 0.3 is 17.9 Å². The van der Waals surface area contributed by atoms with E-state index in [4.69, 9.17) is 44.6 Å². The number of rotatable bonds is 6. The molecule has 6 nitrogen and oxygen atoms in total. The highest BCUT2D eigenvalue weighted by atomic mass is 35.5. The largest absolute Gasteiger partial charge is 0.473 e. The second-order valence-corrected chi connectivity index (χ2v) is 6.84. The highest BCUT2D eigenvalue weighted by Gasteiger charge is 2.29. The average molecular weight is 412 g/mol. The van der Waals surface area contributed by atoms with E-state index in [1.54, 1.807) is 0 Å². The number of benzene rings is 1. The molecule has 1 rings (SSSR count). The number of carboxylic acid groups (broad SMARTS) is 1. The van der Waals surface area contributed by atoms with Crippen LogP contribution >= 0.6 is 34.8 Å². The van der Waals surface area contributed by atoms with Gasteiger partial charge in [0.05, 0.1) is 21.7 Å². The molecule has 0 aliphatic heterocycles. The molecule has 0 saturated heterocycles. The Kier molecular flexibility index (Phi) is 7.53. The van der Waals surface area contributed by atoms with Crippen molar-refractivity contribution >= 4 is 52.7 Å². The van der Waals surface area contributed by atoms with Gasteiger partial charge in [0.25, 0.3) is 0 Å². The van der Waals surface area contributed by atoms with Crippen LogP contribution in [0.5, 0.6) is 5.75 Å². The van der Waals surface area contributed by atoms with Crippen LogP contribution in [0.3, 0.4) is 0 Å². The van der Waals surface area contributed by atoms with Gasteiger partial charge in [0.2, 0.25) is 0 Å². The molecule has 1 N–H and O–H groups in total. The van der Waals surface area contributed by atoms with Crippen molar-refractivity contribution in [1.82, 2.24) is 0 Å². The summed E-state index contributed by atoms with van der Waals surface area (Å²) in [6.07, 6.45) is 1.53. The quantitative estimate of drug-likeness (QED) is 0.318. The van der Waals surface area contributed by atoms with Crippen LogP contribution in [0, 0.1) is 5.41 Å². The van der Waals surface area contributed by atoms with Crippen molar-refractivity contribution in [2.75, 3.05) is 6.61 Å². The summed E-state index contributed by atoms with van der Waals surface area (Å²) in [4.78, 5) is 34.5. The molecule has 0 spiro atoms. The summed E-state index contributed by atoms with van der Waals surface area (Å²) < 4.78 is 9.93. The predicted molar refractivity (Wildman–Crippen MR) is 93.7 cm³/mol. The third-order valence-electron chi connectivity index (χ3n) is 3.96. The van der Waals surface area contributed by atoms with Gasteiger partial charge < -0.3 is 14.6 Å². The zero-order valence-electron chi connectivity index (χ0n) is 13.8.